The zero-order valence-electron chi connectivity index (χ0n) is 16.4. The fourth-order valence-corrected chi connectivity index (χ4v) is 5.86. The molecule has 4 atom stereocenters. The Hall–Kier alpha value is -1.61. The monoisotopic (exact) mass is 354 g/mol. The highest BCUT2D eigenvalue weighted by molar-refractivity contribution is 6.26. The first kappa shape index (κ1) is 17.8. The number of aliphatic hydroxyl groups is 1. The lowest BCUT2D eigenvalue weighted by Crippen LogP contribution is -2.38. The number of Topliss-reactive ketones (excluding diaryl/α,β-unsaturated/α-hetero) is 1. The molecule has 2 heterocycles. The molecule has 0 saturated carbocycles. The third kappa shape index (κ3) is 2.40. The molecule has 3 nitrogen and oxygen atoms in total. The quantitative estimate of drug-likeness (QED) is 0.739. The van der Waals surface area contributed by atoms with Gasteiger partial charge >= 0.3 is 0 Å². The summed E-state index contributed by atoms with van der Waals surface area (Å²) < 4.78 is 6.36. The number of hydrogen-bond donors (Lipinski definition) is 1. The van der Waals surface area contributed by atoms with E-state index in [0.29, 0.717) is 11.3 Å². The van der Waals surface area contributed by atoms with E-state index in [2.05, 4.69) is 26.0 Å². The third-order valence-corrected chi connectivity index (χ3v) is 6.79. The van der Waals surface area contributed by atoms with E-state index < -0.39 is 0 Å². The van der Waals surface area contributed by atoms with Crippen LogP contribution in [0.2, 0.25) is 0 Å². The standard InChI is InChI=1S/C23H30O3/c1-5-6-7-9-23-10-8-16(26-23)18-20(23)22(25)19(21(18)24)17-14(3)11-13(2)12-15(17)4/h11-12,16,18,20,25H,5-10H2,1-4H3/t16-,18-,20+,23+/m0/s1. The first-order valence-corrected chi connectivity index (χ1v) is 10.1. The van der Waals surface area contributed by atoms with E-state index in [1.54, 1.807) is 0 Å². The van der Waals surface area contributed by atoms with Crippen LogP contribution >= 0.6 is 0 Å². The number of ether oxygens (including phenoxy) is 1. The van der Waals surface area contributed by atoms with Crippen LogP contribution in [0.25, 0.3) is 5.57 Å². The number of unbranched alkanes of at least 4 members (excludes halogenated alkanes) is 2. The van der Waals surface area contributed by atoms with E-state index >= 15 is 0 Å². The SMILES string of the molecule is CCCCC[C@]12CC[C@H](O1)[C@@H]1C(=O)C(c3c(C)cc(C)cc3C)=C(O)[C@@H]12. The third-order valence-electron chi connectivity index (χ3n) is 6.79. The van der Waals surface area contributed by atoms with Crippen molar-refractivity contribution in [1.82, 2.24) is 0 Å². The molecule has 2 saturated heterocycles. The van der Waals surface area contributed by atoms with Crippen molar-refractivity contribution in [2.75, 3.05) is 0 Å². The highest BCUT2D eigenvalue weighted by Gasteiger charge is 2.66. The fourth-order valence-electron chi connectivity index (χ4n) is 5.86. The van der Waals surface area contributed by atoms with E-state index in [1.165, 1.54) is 18.4 Å². The van der Waals surface area contributed by atoms with Crippen molar-refractivity contribution in [3.8, 4) is 0 Å². The predicted molar refractivity (Wildman–Crippen MR) is 103 cm³/mol. The van der Waals surface area contributed by atoms with Crippen molar-refractivity contribution in [3.63, 3.8) is 0 Å². The largest absolute Gasteiger partial charge is 0.511 e. The van der Waals surface area contributed by atoms with Crippen molar-refractivity contribution in [2.24, 2.45) is 11.8 Å². The Morgan fingerprint density at radius 3 is 2.54 bits per heavy atom. The summed E-state index contributed by atoms with van der Waals surface area (Å²) in [5.74, 6) is 0.0829. The van der Waals surface area contributed by atoms with E-state index in [1.807, 2.05) is 13.8 Å². The Bertz CT molecular complexity index is 768. The van der Waals surface area contributed by atoms with E-state index in [-0.39, 0.29) is 29.3 Å². The summed E-state index contributed by atoms with van der Waals surface area (Å²) in [7, 11) is 0. The maximum Gasteiger partial charge on any atom is 0.173 e. The highest BCUT2D eigenvalue weighted by atomic mass is 16.5. The second kappa shape index (κ2) is 6.23. The Morgan fingerprint density at radius 2 is 1.88 bits per heavy atom. The molecule has 2 bridgehead atoms. The molecule has 26 heavy (non-hydrogen) atoms. The van der Waals surface area contributed by atoms with Gasteiger partial charge in [-0.1, -0.05) is 43.9 Å². The molecule has 0 amide bonds. The first-order chi connectivity index (χ1) is 12.4. The van der Waals surface area contributed by atoms with Crippen molar-refractivity contribution in [2.45, 2.75) is 77.9 Å². The summed E-state index contributed by atoms with van der Waals surface area (Å²) >= 11 is 0. The van der Waals surface area contributed by atoms with Crippen molar-refractivity contribution in [1.29, 1.82) is 0 Å². The zero-order valence-corrected chi connectivity index (χ0v) is 16.4. The Balaban J connectivity index is 1.77. The molecule has 2 aliphatic heterocycles. The maximum atomic E-state index is 13.4. The second-order valence-corrected chi connectivity index (χ2v) is 8.62. The fraction of sp³-hybridized carbons (Fsp3) is 0.609. The number of rotatable bonds is 5. The Morgan fingerprint density at radius 1 is 1.19 bits per heavy atom. The van der Waals surface area contributed by atoms with Crippen LogP contribution in [0, 0.1) is 32.6 Å². The molecule has 0 unspecified atom stereocenters. The maximum absolute atomic E-state index is 13.4. The molecule has 0 radical (unpaired) electrons. The van der Waals surface area contributed by atoms with E-state index in [9.17, 15) is 9.90 Å². The van der Waals surface area contributed by atoms with Crippen LogP contribution in [0.15, 0.2) is 17.9 Å². The number of carbonyl (C=O) groups is 1. The van der Waals surface area contributed by atoms with Crippen LogP contribution in [-0.2, 0) is 9.53 Å². The summed E-state index contributed by atoms with van der Waals surface area (Å²) in [5.41, 5.74) is 4.53. The lowest BCUT2D eigenvalue weighted by molar-refractivity contribution is -0.118. The average Bonchev–Trinajstić information content (AvgIpc) is 3.20. The molecular weight excluding hydrogens is 324 g/mol. The van der Waals surface area contributed by atoms with Gasteiger partial charge in [0.2, 0.25) is 0 Å². The number of aliphatic hydroxyl groups excluding tert-OH is 1. The summed E-state index contributed by atoms with van der Waals surface area (Å²) in [6, 6.07) is 4.21. The van der Waals surface area contributed by atoms with Gasteiger partial charge in [0, 0.05) is 0 Å². The summed E-state index contributed by atoms with van der Waals surface area (Å²) in [4.78, 5) is 13.4. The summed E-state index contributed by atoms with van der Waals surface area (Å²) in [6.07, 6.45) is 6.31. The van der Waals surface area contributed by atoms with Crippen molar-refractivity contribution < 1.29 is 14.6 Å². The van der Waals surface area contributed by atoms with Gasteiger partial charge in [0.1, 0.15) is 5.76 Å². The minimum Gasteiger partial charge on any atom is -0.511 e. The molecule has 4 rings (SSSR count). The lowest BCUT2D eigenvalue weighted by Gasteiger charge is -2.32. The molecule has 3 aliphatic rings. The second-order valence-electron chi connectivity index (χ2n) is 8.62. The summed E-state index contributed by atoms with van der Waals surface area (Å²) in [5, 5.41) is 11.2. The molecule has 1 aromatic rings. The number of benzene rings is 1. The van der Waals surface area contributed by atoms with Crippen molar-refractivity contribution >= 4 is 11.4 Å². The number of fused-ring (bicyclic) bond motifs is 5. The van der Waals surface area contributed by atoms with Gasteiger partial charge in [0.05, 0.1) is 29.1 Å². The van der Waals surface area contributed by atoms with Gasteiger partial charge in [-0.25, -0.2) is 0 Å². The van der Waals surface area contributed by atoms with Crippen molar-refractivity contribution in [3.05, 3.63) is 40.1 Å². The molecular formula is C23H30O3. The Kier molecular flexibility index (Phi) is 4.26. The van der Waals surface area contributed by atoms with Crippen LogP contribution in [0.5, 0.6) is 0 Å². The van der Waals surface area contributed by atoms with Crippen LogP contribution in [-0.4, -0.2) is 22.6 Å². The Labute approximate surface area is 156 Å². The molecule has 2 fully saturated rings. The molecule has 140 valence electrons. The number of allylic oxidation sites excluding steroid dienone is 1. The first-order valence-electron chi connectivity index (χ1n) is 10.1. The van der Waals surface area contributed by atoms with Crippen LogP contribution in [0.4, 0.5) is 0 Å². The van der Waals surface area contributed by atoms with E-state index in [0.717, 1.165) is 42.4 Å². The van der Waals surface area contributed by atoms with Gasteiger partial charge in [-0.3, -0.25) is 4.79 Å². The molecule has 3 heteroatoms. The normalized spacial score (nSPS) is 32.6. The molecule has 1 aliphatic carbocycles. The molecule has 0 spiro atoms. The number of ketones is 1. The van der Waals surface area contributed by atoms with Gasteiger partial charge < -0.3 is 9.84 Å². The van der Waals surface area contributed by atoms with Crippen LogP contribution in [0.3, 0.4) is 0 Å². The highest BCUT2D eigenvalue weighted by Crippen LogP contribution is 2.61. The zero-order chi connectivity index (χ0) is 18.6. The van der Waals surface area contributed by atoms with Gasteiger partial charge in [0.25, 0.3) is 0 Å². The number of aryl methyl sites for hydroxylation is 3. The number of carbonyl (C=O) groups excluding carboxylic acids is 1. The molecule has 1 aromatic carbocycles. The average molecular weight is 354 g/mol. The lowest BCUT2D eigenvalue weighted by atomic mass is 9.70. The molecule has 0 aromatic heterocycles. The van der Waals surface area contributed by atoms with Crippen LogP contribution in [0.1, 0.15) is 67.7 Å². The van der Waals surface area contributed by atoms with Crippen LogP contribution < -0.4 is 0 Å². The summed E-state index contributed by atoms with van der Waals surface area (Å²) in [6.45, 7) is 8.35. The minimum atomic E-state index is -0.321. The van der Waals surface area contributed by atoms with E-state index in [4.69, 9.17) is 4.74 Å². The predicted octanol–water partition coefficient (Wildman–Crippen LogP) is 5.21. The smallest absolute Gasteiger partial charge is 0.173 e. The topological polar surface area (TPSA) is 46.5 Å². The van der Waals surface area contributed by atoms with Gasteiger partial charge in [-0.05, 0) is 56.7 Å². The van der Waals surface area contributed by atoms with Gasteiger partial charge in [0.15, 0.2) is 5.78 Å². The minimum absolute atomic E-state index is 0.0140. The number of hydrogen-bond acceptors (Lipinski definition) is 3. The molecule has 1 N–H and O–H groups in total. The van der Waals surface area contributed by atoms with Gasteiger partial charge in [-0.15, -0.1) is 0 Å². The van der Waals surface area contributed by atoms with Gasteiger partial charge in [-0.2, -0.15) is 0 Å².